The van der Waals surface area contributed by atoms with Gasteiger partial charge in [-0.15, -0.1) is 0 Å². The Morgan fingerprint density at radius 1 is 0.907 bits per heavy atom. The number of nitrogens with zero attached hydrogens (tertiary/aromatic N) is 1. The zero-order valence-electron chi connectivity index (χ0n) is 26.5. The Morgan fingerprint density at radius 2 is 1.58 bits per heavy atom. The van der Waals surface area contributed by atoms with Gasteiger partial charge in [-0.2, -0.15) is 0 Å². The molecule has 238 valence electrons. The lowest BCUT2D eigenvalue weighted by molar-refractivity contribution is -0.143. The van der Waals surface area contributed by atoms with E-state index in [1.165, 1.54) is 0 Å². The monoisotopic (exact) mass is 596 g/mol. The van der Waals surface area contributed by atoms with Gasteiger partial charge < -0.3 is 31.1 Å². The number of hydrogen-bond acceptors (Lipinski definition) is 6. The zero-order valence-corrected chi connectivity index (χ0v) is 26.5. The quantitative estimate of drug-likeness (QED) is 0.203. The molecule has 3 rings (SSSR count). The molecule has 4 atom stereocenters. The molecule has 0 aliphatic carbocycles. The summed E-state index contributed by atoms with van der Waals surface area (Å²) in [4.78, 5) is 42.6. The molecule has 1 aliphatic rings. The van der Waals surface area contributed by atoms with Gasteiger partial charge in [0, 0.05) is 38.5 Å². The van der Waals surface area contributed by atoms with Crippen LogP contribution in [0.5, 0.6) is 0 Å². The summed E-state index contributed by atoms with van der Waals surface area (Å²) in [6, 6.07) is 12.4. The minimum absolute atomic E-state index is 0.00411. The summed E-state index contributed by atoms with van der Waals surface area (Å²) in [5.74, 6) is -0.0777. The molecule has 5 N–H and O–H groups in total. The number of aliphatic hydroxyl groups excluding tert-OH is 2. The van der Waals surface area contributed by atoms with Crippen molar-refractivity contribution in [2.24, 2.45) is 17.8 Å². The lowest BCUT2D eigenvalue weighted by Crippen LogP contribution is -2.55. The first-order valence-electron chi connectivity index (χ1n) is 15.9. The highest BCUT2D eigenvalue weighted by atomic mass is 16.3. The summed E-state index contributed by atoms with van der Waals surface area (Å²) in [5, 5.41) is 30.6. The SMILES string of the molecule is CC(C)CC(CC(C)C)C(=O)N1CCCC1C(=O)NC(Cc1ccc2ccccc2c1)C(=O)NCC(O)CNCC(C)O. The smallest absolute Gasteiger partial charge is 0.243 e. The van der Waals surface area contributed by atoms with Gasteiger partial charge in [-0.3, -0.25) is 14.4 Å². The van der Waals surface area contributed by atoms with Crippen molar-refractivity contribution >= 4 is 28.5 Å². The van der Waals surface area contributed by atoms with Crippen LogP contribution in [0.25, 0.3) is 10.8 Å². The van der Waals surface area contributed by atoms with E-state index in [2.05, 4.69) is 43.6 Å². The Hall–Kier alpha value is -3.01. The highest BCUT2D eigenvalue weighted by Gasteiger charge is 2.38. The van der Waals surface area contributed by atoms with Crippen molar-refractivity contribution in [3.63, 3.8) is 0 Å². The van der Waals surface area contributed by atoms with Gasteiger partial charge in [0.15, 0.2) is 0 Å². The van der Waals surface area contributed by atoms with Gasteiger partial charge in [0.1, 0.15) is 12.1 Å². The summed E-state index contributed by atoms with van der Waals surface area (Å²) in [6.45, 7) is 11.2. The number of nitrogens with one attached hydrogen (secondary N) is 3. The molecule has 0 radical (unpaired) electrons. The van der Waals surface area contributed by atoms with Gasteiger partial charge in [-0.1, -0.05) is 70.2 Å². The van der Waals surface area contributed by atoms with Gasteiger partial charge in [-0.25, -0.2) is 0 Å². The van der Waals surface area contributed by atoms with Crippen LogP contribution in [0.3, 0.4) is 0 Å². The Balaban J connectivity index is 1.75. The maximum Gasteiger partial charge on any atom is 0.243 e. The minimum atomic E-state index is -0.883. The third kappa shape index (κ3) is 10.9. The first kappa shape index (κ1) is 34.5. The normalized spacial score (nSPS) is 17.4. The Labute approximate surface area is 256 Å². The van der Waals surface area contributed by atoms with Crippen LogP contribution in [-0.2, 0) is 20.8 Å². The van der Waals surface area contributed by atoms with Crippen LogP contribution in [0.4, 0.5) is 0 Å². The van der Waals surface area contributed by atoms with Gasteiger partial charge in [-0.05, 0) is 60.8 Å². The lowest BCUT2D eigenvalue weighted by atomic mass is 9.88. The molecule has 43 heavy (non-hydrogen) atoms. The van der Waals surface area contributed by atoms with Crippen LogP contribution >= 0.6 is 0 Å². The molecule has 3 amide bonds. The summed E-state index contributed by atoms with van der Waals surface area (Å²) in [7, 11) is 0. The maximum absolute atomic E-state index is 13.7. The fraction of sp³-hybridized carbons (Fsp3) is 0.618. The Bertz CT molecular complexity index is 1190. The molecule has 1 aliphatic heterocycles. The summed E-state index contributed by atoms with van der Waals surface area (Å²) >= 11 is 0. The number of hydrogen-bond donors (Lipinski definition) is 5. The summed E-state index contributed by atoms with van der Waals surface area (Å²) < 4.78 is 0. The molecular formula is C34H52N4O5. The molecule has 2 aromatic rings. The third-order valence-electron chi connectivity index (χ3n) is 7.92. The van der Waals surface area contributed by atoms with Crippen molar-refractivity contribution in [2.75, 3.05) is 26.2 Å². The molecule has 2 aromatic carbocycles. The third-order valence-corrected chi connectivity index (χ3v) is 7.92. The van der Waals surface area contributed by atoms with Crippen LogP contribution in [0.1, 0.15) is 65.9 Å². The molecule has 1 heterocycles. The number of fused-ring (bicyclic) bond motifs is 1. The summed E-state index contributed by atoms with van der Waals surface area (Å²) in [5.41, 5.74) is 0.895. The maximum atomic E-state index is 13.7. The molecule has 0 saturated carbocycles. The van der Waals surface area contributed by atoms with Crippen LogP contribution in [0.2, 0.25) is 0 Å². The number of carbonyl (C=O) groups excluding carboxylic acids is 3. The van der Waals surface area contributed by atoms with E-state index in [1.807, 2.05) is 42.5 Å². The van der Waals surface area contributed by atoms with Crippen LogP contribution < -0.4 is 16.0 Å². The molecule has 9 nitrogen and oxygen atoms in total. The topological polar surface area (TPSA) is 131 Å². The van der Waals surface area contributed by atoms with Gasteiger partial charge >= 0.3 is 0 Å². The Morgan fingerprint density at radius 3 is 2.23 bits per heavy atom. The Kier molecular flexibility index (Phi) is 13.4. The average molecular weight is 597 g/mol. The van der Waals surface area contributed by atoms with E-state index in [1.54, 1.807) is 11.8 Å². The van der Waals surface area contributed by atoms with Crippen molar-refractivity contribution in [3.8, 4) is 0 Å². The summed E-state index contributed by atoms with van der Waals surface area (Å²) in [6.07, 6.45) is 1.73. The van der Waals surface area contributed by atoms with Gasteiger partial charge in [0.25, 0.3) is 0 Å². The molecule has 4 unspecified atom stereocenters. The molecule has 0 spiro atoms. The van der Waals surface area contributed by atoms with Crippen LogP contribution in [-0.4, -0.2) is 83.3 Å². The first-order chi connectivity index (χ1) is 20.4. The number of amides is 3. The second-order valence-electron chi connectivity index (χ2n) is 13.0. The van der Waals surface area contributed by atoms with E-state index in [4.69, 9.17) is 0 Å². The van der Waals surface area contributed by atoms with Crippen molar-refractivity contribution in [1.82, 2.24) is 20.9 Å². The van der Waals surface area contributed by atoms with E-state index in [0.717, 1.165) is 35.6 Å². The predicted octanol–water partition coefficient (Wildman–Crippen LogP) is 3.01. The van der Waals surface area contributed by atoms with Gasteiger partial charge in [0.2, 0.25) is 17.7 Å². The second-order valence-corrected chi connectivity index (χ2v) is 13.0. The van der Waals surface area contributed by atoms with E-state index in [0.29, 0.717) is 31.3 Å². The fourth-order valence-corrected chi connectivity index (χ4v) is 5.92. The minimum Gasteiger partial charge on any atom is -0.392 e. The first-order valence-corrected chi connectivity index (χ1v) is 15.9. The average Bonchev–Trinajstić information content (AvgIpc) is 3.44. The van der Waals surface area contributed by atoms with Crippen molar-refractivity contribution in [2.45, 2.75) is 91.0 Å². The predicted molar refractivity (Wildman–Crippen MR) is 170 cm³/mol. The van der Waals surface area contributed by atoms with Crippen LogP contribution in [0.15, 0.2) is 42.5 Å². The van der Waals surface area contributed by atoms with E-state index >= 15 is 0 Å². The van der Waals surface area contributed by atoms with E-state index < -0.39 is 30.2 Å². The highest BCUT2D eigenvalue weighted by Crippen LogP contribution is 2.27. The number of likely N-dealkylation sites (tertiary alicyclic amines) is 1. The van der Waals surface area contributed by atoms with Crippen molar-refractivity contribution in [3.05, 3.63) is 48.0 Å². The molecule has 1 fully saturated rings. The van der Waals surface area contributed by atoms with Crippen LogP contribution in [0, 0.1) is 17.8 Å². The molecule has 0 bridgehead atoms. The number of carbonyl (C=O) groups is 3. The largest absolute Gasteiger partial charge is 0.392 e. The fourth-order valence-electron chi connectivity index (χ4n) is 5.92. The lowest BCUT2D eigenvalue weighted by Gasteiger charge is -2.31. The van der Waals surface area contributed by atoms with Gasteiger partial charge in [0.05, 0.1) is 12.2 Å². The van der Waals surface area contributed by atoms with Crippen molar-refractivity contribution in [1.29, 1.82) is 0 Å². The molecule has 1 saturated heterocycles. The number of aliphatic hydroxyl groups is 2. The zero-order chi connectivity index (χ0) is 31.5. The molecular weight excluding hydrogens is 544 g/mol. The number of rotatable bonds is 16. The van der Waals surface area contributed by atoms with E-state index in [9.17, 15) is 24.6 Å². The van der Waals surface area contributed by atoms with Crippen molar-refractivity contribution < 1.29 is 24.6 Å². The highest BCUT2D eigenvalue weighted by molar-refractivity contribution is 5.93. The van der Waals surface area contributed by atoms with E-state index in [-0.39, 0.29) is 37.2 Å². The number of benzene rings is 2. The second kappa shape index (κ2) is 16.7. The standard InChI is InChI=1S/C34H52N4O5/c1-22(2)15-28(16-23(3)4)34(43)38-14-8-11-31(38)33(42)37-30(32(41)36-21-29(40)20-35-19-24(5)39)18-25-12-13-26-9-6-7-10-27(26)17-25/h6-7,9-10,12-13,17,22-24,28-31,35,39-40H,8,11,14-16,18-21H2,1-5H3,(H,36,41)(H,37,42). The molecule has 9 heteroatoms. The molecule has 0 aromatic heterocycles.